The van der Waals surface area contributed by atoms with Crippen LogP contribution in [-0.2, 0) is 23.9 Å². The molecule has 0 saturated carbocycles. The molecule has 2 unspecified atom stereocenters. The van der Waals surface area contributed by atoms with Gasteiger partial charge in [0.15, 0.2) is 11.5 Å². The molecule has 1 aromatic rings. The monoisotopic (exact) mass is 549 g/mol. The van der Waals surface area contributed by atoms with Gasteiger partial charge in [-0.2, -0.15) is 0 Å². The van der Waals surface area contributed by atoms with Gasteiger partial charge in [0.05, 0.1) is 19.4 Å². The molecule has 0 aliphatic rings. The summed E-state index contributed by atoms with van der Waals surface area (Å²) in [5.74, 6) is -3.82. The van der Waals surface area contributed by atoms with E-state index >= 15 is 0 Å². The Labute approximate surface area is 232 Å². The fourth-order valence-corrected chi connectivity index (χ4v) is 4.04. The van der Waals surface area contributed by atoms with Crippen molar-refractivity contribution in [1.29, 1.82) is 0 Å². The van der Waals surface area contributed by atoms with Gasteiger partial charge < -0.3 is 25.1 Å². The average Bonchev–Trinajstić information content (AvgIpc) is 2.77. The predicted octanol–water partition coefficient (Wildman–Crippen LogP) is 5.62. The van der Waals surface area contributed by atoms with Crippen LogP contribution in [0.25, 0.3) is 0 Å². The summed E-state index contributed by atoms with van der Waals surface area (Å²) < 4.78 is 16.6. The van der Waals surface area contributed by atoms with Gasteiger partial charge in [0.1, 0.15) is 6.04 Å². The van der Waals surface area contributed by atoms with Gasteiger partial charge in [-0.1, -0.05) is 74.3 Å². The molecule has 39 heavy (non-hydrogen) atoms. The van der Waals surface area contributed by atoms with Crippen molar-refractivity contribution in [1.82, 2.24) is 0 Å². The molecule has 0 saturated heterocycles. The van der Waals surface area contributed by atoms with Gasteiger partial charge in [-0.15, -0.1) is 0 Å². The van der Waals surface area contributed by atoms with E-state index in [4.69, 9.17) is 19.9 Å². The highest BCUT2D eigenvalue weighted by Gasteiger charge is 2.33. The summed E-state index contributed by atoms with van der Waals surface area (Å²) in [5, 5.41) is 9.72. The molecule has 0 spiro atoms. The molecule has 0 radical (unpaired) electrons. The van der Waals surface area contributed by atoms with Gasteiger partial charge in [-0.05, 0) is 40.9 Å². The largest absolute Gasteiger partial charge is 0.480 e. The smallest absolute Gasteiger partial charge is 0.321 e. The van der Waals surface area contributed by atoms with Gasteiger partial charge in [-0.3, -0.25) is 19.2 Å². The van der Waals surface area contributed by atoms with Crippen LogP contribution in [-0.4, -0.2) is 41.6 Å². The van der Waals surface area contributed by atoms with Crippen LogP contribution in [0.1, 0.15) is 105 Å². The Kier molecular flexibility index (Phi) is 13.1. The highest BCUT2D eigenvalue weighted by Crippen LogP contribution is 2.37. The third kappa shape index (κ3) is 13.1. The van der Waals surface area contributed by atoms with Crippen LogP contribution in [0.4, 0.5) is 0 Å². The van der Waals surface area contributed by atoms with Gasteiger partial charge >= 0.3 is 23.9 Å². The summed E-state index contributed by atoms with van der Waals surface area (Å²) in [6.07, 6.45) is 3.15. The standard InChI is InChI=1S/C30H47NO8/c1-9-10-11-12-23(32)37-18-19(2)26(27(31)28(35)36)20-13-14-21(38-24(33)16-29(3,4)5)22(15-20)39-25(34)17-30(6,7)8/h13-15,19,26-27H,9-12,16-18,31H2,1-8H3,(H,35,36)/t19?,26?,27-/m0/s1. The molecule has 3 atom stereocenters. The quantitative estimate of drug-likeness (QED) is 0.172. The van der Waals surface area contributed by atoms with Gasteiger partial charge in [0.2, 0.25) is 0 Å². The number of carboxylic acids is 1. The molecule has 0 aliphatic carbocycles. The van der Waals surface area contributed by atoms with Crippen molar-refractivity contribution in [2.75, 3.05) is 6.61 Å². The van der Waals surface area contributed by atoms with Crippen LogP contribution in [0.15, 0.2) is 18.2 Å². The number of nitrogens with two attached hydrogens (primary N) is 1. The van der Waals surface area contributed by atoms with Crippen molar-refractivity contribution in [2.24, 2.45) is 22.5 Å². The molecule has 1 rings (SSSR count). The molecule has 9 heteroatoms. The van der Waals surface area contributed by atoms with Crippen molar-refractivity contribution in [3.05, 3.63) is 23.8 Å². The van der Waals surface area contributed by atoms with Crippen LogP contribution in [0.2, 0.25) is 0 Å². The van der Waals surface area contributed by atoms with Gasteiger partial charge in [0.25, 0.3) is 0 Å². The van der Waals surface area contributed by atoms with E-state index in [-0.39, 0.29) is 47.7 Å². The van der Waals surface area contributed by atoms with E-state index in [0.29, 0.717) is 12.0 Å². The highest BCUT2D eigenvalue weighted by molar-refractivity contribution is 5.78. The Morgan fingerprint density at radius 2 is 1.41 bits per heavy atom. The molecular weight excluding hydrogens is 502 g/mol. The Balaban J connectivity index is 3.34. The zero-order valence-corrected chi connectivity index (χ0v) is 24.8. The first kappa shape index (κ1) is 34.1. The molecule has 0 aromatic heterocycles. The lowest BCUT2D eigenvalue weighted by Crippen LogP contribution is -2.40. The van der Waals surface area contributed by atoms with E-state index in [9.17, 15) is 24.3 Å². The van der Waals surface area contributed by atoms with Crippen LogP contribution in [0.5, 0.6) is 11.5 Å². The van der Waals surface area contributed by atoms with Crippen LogP contribution >= 0.6 is 0 Å². The van der Waals surface area contributed by atoms with Gasteiger partial charge in [-0.25, -0.2) is 0 Å². The van der Waals surface area contributed by atoms with E-state index in [0.717, 1.165) is 19.3 Å². The lowest BCUT2D eigenvalue weighted by Gasteiger charge is -2.28. The number of carbonyl (C=O) groups is 4. The maximum Gasteiger partial charge on any atom is 0.321 e. The first-order chi connectivity index (χ1) is 17.9. The molecule has 220 valence electrons. The van der Waals surface area contributed by atoms with E-state index < -0.39 is 35.8 Å². The third-order valence-electron chi connectivity index (χ3n) is 5.93. The van der Waals surface area contributed by atoms with Gasteiger partial charge in [0, 0.05) is 12.3 Å². The molecule has 1 aromatic carbocycles. The number of esters is 3. The van der Waals surface area contributed by atoms with E-state index in [1.165, 1.54) is 12.1 Å². The van der Waals surface area contributed by atoms with E-state index in [2.05, 4.69) is 0 Å². The average molecular weight is 550 g/mol. The highest BCUT2D eigenvalue weighted by atomic mass is 16.6. The van der Waals surface area contributed by atoms with Crippen LogP contribution < -0.4 is 15.2 Å². The molecule has 0 aliphatic heterocycles. The lowest BCUT2D eigenvalue weighted by molar-refractivity contribution is -0.145. The molecule has 0 bridgehead atoms. The van der Waals surface area contributed by atoms with Crippen molar-refractivity contribution in [2.45, 2.75) is 106 Å². The fourth-order valence-electron chi connectivity index (χ4n) is 4.04. The molecular formula is C30H47NO8. The lowest BCUT2D eigenvalue weighted by atomic mass is 9.82. The van der Waals surface area contributed by atoms with Crippen LogP contribution in [0, 0.1) is 16.7 Å². The van der Waals surface area contributed by atoms with Crippen molar-refractivity contribution >= 4 is 23.9 Å². The number of carbonyl (C=O) groups excluding carboxylic acids is 3. The first-order valence-corrected chi connectivity index (χ1v) is 13.6. The predicted molar refractivity (Wildman–Crippen MR) is 148 cm³/mol. The number of carboxylic acid groups (broad SMARTS) is 1. The summed E-state index contributed by atoms with van der Waals surface area (Å²) in [6.45, 7) is 15.1. The van der Waals surface area contributed by atoms with Crippen molar-refractivity contribution in [3.63, 3.8) is 0 Å². The van der Waals surface area contributed by atoms with Crippen LogP contribution in [0.3, 0.4) is 0 Å². The second-order valence-corrected chi connectivity index (χ2v) is 12.6. The Morgan fingerprint density at radius 3 is 1.90 bits per heavy atom. The summed E-state index contributed by atoms with van der Waals surface area (Å²) in [5.41, 5.74) is 5.88. The molecule has 0 fully saturated rings. The number of aliphatic carboxylic acids is 1. The summed E-state index contributed by atoms with van der Waals surface area (Å²) in [4.78, 5) is 49.3. The zero-order valence-electron chi connectivity index (χ0n) is 24.8. The number of rotatable bonds is 14. The Bertz CT molecular complexity index is 990. The minimum atomic E-state index is -1.33. The number of hydrogen-bond acceptors (Lipinski definition) is 8. The van der Waals surface area contributed by atoms with Crippen molar-refractivity contribution in [3.8, 4) is 11.5 Å². The SMILES string of the molecule is CCCCCC(=O)OCC(C)C(c1ccc(OC(=O)CC(C)(C)C)c(OC(=O)CC(C)(C)C)c1)[C@H](N)C(=O)O. The summed E-state index contributed by atoms with van der Waals surface area (Å²) in [7, 11) is 0. The molecule has 0 amide bonds. The maximum absolute atomic E-state index is 12.7. The summed E-state index contributed by atoms with van der Waals surface area (Å²) >= 11 is 0. The first-order valence-electron chi connectivity index (χ1n) is 13.6. The second-order valence-electron chi connectivity index (χ2n) is 12.6. The minimum absolute atomic E-state index is 0.00430. The number of hydrogen-bond donors (Lipinski definition) is 2. The Hall–Kier alpha value is -2.94. The fraction of sp³-hybridized carbons (Fsp3) is 0.667. The number of ether oxygens (including phenoxy) is 3. The van der Waals surface area contributed by atoms with Crippen molar-refractivity contribution < 1.29 is 38.5 Å². The molecule has 0 heterocycles. The van der Waals surface area contributed by atoms with E-state index in [1.807, 2.05) is 48.5 Å². The zero-order chi connectivity index (χ0) is 30.0. The minimum Gasteiger partial charge on any atom is -0.480 e. The molecule has 3 N–H and O–H groups in total. The van der Waals surface area contributed by atoms with E-state index in [1.54, 1.807) is 13.0 Å². The Morgan fingerprint density at radius 1 is 0.872 bits per heavy atom. The number of benzene rings is 1. The topological polar surface area (TPSA) is 142 Å². The second kappa shape index (κ2) is 15.0. The summed E-state index contributed by atoms with van der Waals surface area (Å²) in [6, 6.07) is 3.22. The maximum atomic E-state index is 12.7. The molecule has 9 nitrogen and oxygen atoms in total. The normalized spacial score (nSPS) is 14.2. The third-order valence-corrected chi connectivity index (χ3v) is 5.93. The number of unbranched alkanes of at least 4 members (excludes halogenated alkanes) is 2.